The fourth-order valence-corrected chi connectivity index (χ4v) is 3.18. The number of carboxylic acids is 1. The van der Waals surface area contributed by atoms with Crippen molar-refractivity contribution < 1.29 is 33.8 Å². The van der Waals surface area contributed by atoms with Crippen molar-refractivity contribution in [2.24, 2.45) is 0 Å². The molecule has 0 saturated heterocycles. The Labute approximate surface area is 203 Å². The molecule has 11 heteroatoms. The number of aromatic nitrogens is 1. The first-order valence-electron chi connectivity index (χ1n) is 9.62. The zero-order valence-electron chi connectivity index (χ0n) is 17.2. The van der Waals surface area contributed by atoms with Gasteiger partial charge in [-0.2, -0.15) is 0 Å². The van der Waals surface area contributed by atoms with E-state index in [4.69, 9.17) is 32.7 Å². The van der Waals surface area contributed by atoms with Crippen LogP contribution in [0.25, 0.3) is 0 Å². The van der Waals surface area contributed by atoms with Gasteiger partial charge in [-0.3, -0.25) is 9.78 Å². The van der Waals surface area contributed by atoms with E-state index >= 15 is 0 Å². The fraction of sp³-hybridized carbons (Fsp3) is 0.0870. The van der Waals surface area contributed by atoms with Crippen molar-refractivity contribution >= 4 is 52.7 Å². The van der Waals surface area contributed by atoms with Crippen LogP contribution in [-0.2, 0) is 19.1 Å². The maximum absolute atomic E-state index is 13.0. The largest absolute Gasteiger partial charge is 0.478 e. The summed E-state index contributed by atoms with van der Waals surface area (Å²) in [4.78, 5) is 54.1. The summed E-state index contributed by atoms with van der Waals surface area (Å²) in [6.45, 7) is 0. The number of carbonyl (C=O) groups excluding carboxylic acids is 3. The summed E-state index contributed by atoms with van der Waals surface area (Å²) in [7, 11) is 0. The van der Waals surface area contributed by atoms with Crippen LogP contribution in [0.1, 0.15) is 20.7 Å². The van der Waals surface area contributed by atoms with E-state index in [0.717, 1.165) is 0 Å². The first-order valence-corrected chi connectivity index (χ1v) is 10.4. The number of hydrogen-bond acceptors (Lipinski definition) is 7. The third-order valence-corrected chi connectivity index (χ3v) is 5.02. The van der Waals surface area contributed by atoms with Crippen LogP contribution in [0.2, 0.25) is 10.0 Å². The zero-order valence-corrected chi connectivity index (χ0v) is 18.7. The third-order valence-electron chi connectivity index (χ3n) is 4.36. The highest BCUT2D eigenvalue weighted by Gasteiger charge is 2.41. The molecule has 2 N–H and O–H groups in total. The van der Waals surface area contributed by atoms with E-state index in [1.807, 2.05) is 0 Å². The Morgan fingerprint density at radius 3 is 1.79 bits per heavy atom. The van der Waals surface area contributed by atoms with Gasteiger partial charge in [-0.05, 0) is 36.4 Å². The van der Waals surface area contributed by atoms with Crippen molar-refractivity contribution in [3.8, 4) is 0 Å². The second kappa shape index (κ2) is 11.3. The lowest BCUT2D eigenvalue weighted by atomic mass is 10.1. The third kappa shape index (κ3) is 6.09. The summed E-state index contributed by atoms with van der Waals surface area (Å²) in [6.07, 6.45) is -1.56. The summed E-state index contributed by atoms with van der Waals surface area (Å²) in [5.74, 6) is -5.05. The van der Waals surface area contributed by atoms with Gasteiger partial charge in [0.25, 0.3) is 5.91 Å². The number of benzene rings is 2. The molecule has 1 amide bonds. The molecule has 3 rings (SSSR count). The Kier molecular flexibility index (Phi) is 8.18. The summed E-state index contributed by atoms with van der Waals surface area (Å²) >= 11 is 12.0. The molecule has 1 aromatic heterocycles. The van der Waals surface area contributed by atoms with Crippen LogP contribution < -0.4 is 5.32 Å². The molecule has 0 radical (unpaired) electrons. The molecule has 3 aromatic rings. The van der Waals surface area contributed by atoms with Crippen molar-refractivity contribution in [2.45, 2.75) is 12.2 Å². The second-order valence-corrected chi connectivity index (χ2v) is 7.50. The Hall–Kier alpha value is -3.95. The molecular formula is C23H16Cl2N2O7. The van der Waals surface area contributed by atoms with Crippen LogP contribution >= 0.6 is 23.2 Å². The average molecular weight is 503 g/mol. The lowest BCUT2D eigenvalue weighted by Crippen LogP contribution is -2.48. The van der Waals surface area contributed by atoms with E-state index in [-0.39, 0.29) is 26.9 Å². The van der Waals surface area contributed by atoms with E-state index < -0.39 is 36.0 Å². The summed E-state index contributed by atoms with van der Waals surface area (Å²) in [5, 5.41) is 12.1. The van der Waals surface area contributed by atoms with Gasteiger partial charge in [0.1, 0.15) is 0 Å². The number of nitrogens with one attached hydrogen (secondary N) is 1. The highest BCUT2D eigenvalue weighted by Crippen LogP contribution is 2.21. The minimum absolute atomic E-state index is 0.000984. The van der Waals surface area contributed by atoms with Crippen LogP contribution in [0.3, 0.4) is 0 Å². The summed E-state index contributed by atoms with van der Waals surface area (Å²) in [6, 6.07) is 14.6. The molecule has 0 aliphatic heterocycles. The predicted octanol–water partition coefficient (Wildman–Crippen LogP) is 3.86. The Morgan fingerprint density at radius 1 is 0.794 bits per heavy atom. The molecule has 2 aromatic carbocycles. The van der Waals surface area contributed by atoms with Crippen molar-refractivity contribution in [3.05, 3.63) is 94.2 Å². The molecule has 0 saturated carbocycles. The molecule has 9 nitrogen and oxygen atoms in total. The van der Waals surface area contributed by atoms with Crippen LogP contribution in [-0.4, -0.2) is 46.1 Å². The monoisotopic (exact) mass is 502 g/mol. The van der Waals surface area contributed by atoms with Gasteiger partial charge in [0, 0.05) is 6.20 Å². The minimum atomic E-state index is -2.22. The summed E-state index contributed by atoms with van der Waals surface area (Å²) < 4.78 is 10.3. The molecule has 174 valence electrons. The van der Waals surface area contributed by atoms with Crippen LogP contribution in [0.5, 0.6) is 0 Å². The van der Waals surface area contributed by atoms with E-state index in [2.05, 4.69) is 10.3 Å². The van der Waals surface area contributed by atoms with E-state index in [1.165, 1.54) is 60.9 Å². The molecule has 2 atom stereocenters. The number of carbonyl (C=O) groups is 4. The fourth-order valence-electron chi connectivity index (χ4n) is 2.76. The van der Waals surface area contributed by atoms with Gasteiger partial charge in [0.15, 0.2) is 0 Å². The average Bonchev–Trinajstić information content (AvgIpc) is 2.82. The van der Waals surface area contributed by atoms with Crippen LogP contribution in [0.4, 0.5) is 5.69 Å². The first-order chi connectivity index (χ1) is 16.3. The lowest BCUT2D eigenvalue weighted by Gasteiger charge is -2.23. The number of hydrogen-bond donors (Lipinski definition) is 2. The van der Waals surface area contributed by atoms with Gasteiger partial charge < -0.3 is 19.9 Å². The van der Waals surface area contributed by atoms with E-state index in [9.17, 15) is 24.3 Å². The number of halogens is 2. The lowest BCUT2D eigenvalue weighted by molar-refractivity contribution is -0.157. The topological polar surface area (TPSA) is 132 Å². The number of nitrogens with zero attached hydrogens (tertiary/aromatic N) is 1. The molecule has 0 fully saturated rings. The smallest absolute Gasteiger partial charge is 0.349 e. The van der Waals surface area contributed by atoms with Gasteiger partial charge in [0.2, 0.25) is 12.2 Å². The number of rotatable bonds is 8. The molecule has 0 aliphatic rings. The SMILES string of the molecule is O=C(O[C@@H](C(=O)O)[C@@H](OC(=O)c1ccccc1Cl)C(=O)Nc1cccnc1)c1ccccc1Cl. The van der Waals surface area contributed by atoms with Crippen molar-refractivity contribution in [1.82, 2.24) is 4.98 Å². The number of pyridine rings is 1. The van der Waals surface area contributed by atoms with E-state index in [0.29, 0.717) is 0 Å². The van der Waals surface area contributed by atoms with Crippen molar-refractivity contribution in [3.63, 3.8) is 0 Å². The van der Waals surface area contributed by atoms with Gasteiger partial charge in [0.05, 0.1) is 33.1 Å². The maximum atomic E-state index is 13.0. The van der Waals surface area contributed by atoms with Crippen molar-refractivity contribution in [1.29, 1.82) is 0 Å². The number of amides is 1. The highest BCUT2D eigenvalue weighted by molar-refractivity contribution is 6.34. The molecule has 0 bridgehead atoms. The second-order valence-electron chi connectivity index (χ2n) is 6.68. The Bertz CT molecular complexity index is 1220. The van der Waals surface area contributed by atoms with Crippen LogP contribution in [0, 0.1) is 0 Å². The normalized spacial score (nSPS) is 12.2. The van der Waals surface area contributed by atoms with Crippen molar-refractivity contribution in [2.75, 3.05) is 5.32 Å². The molecule has 1 heterocycles. The van der Waals surface area contributed by atoms with Crippen LogP contribution in [0.15, 0.2) is 73.1 Å². The molecule has 0 aliphatic carbocycles. The number of anilines is 1. The number of ether oxygens (including phenoxy) is 2. The van der Waals surface area contributed by atoms with Gasteiger partial charge in [-0.25, -0.2) is 14.4 Å². The molecular weight excluding hydrogens is 487 g/mol. The zero-order chi connectivity index (χ0) is 24.7. The minimum Gasteiger partial charge on any atom is -0.478 e. The Morgan fingerprint density at radius 2 is 1.32 bits per heavy atom. The number of carboxylic acid groups (broad SMARTS) is 1. The maximum Gasteiger partial charge on any atom is 0.349 e. The highest BCUT2D eigenvalue weighted by atomic mass is 35.5. The first kappa shape index (κ1) is 24.7. The van der Waals surface area contributed by atoms with Gasteiger partial charge >= 0.3 is 17.9 Å². The quantitative estimate of drug-likeness (QED) is 0.443. The predicted molar refractivity (Wildman–Crippen MR) is 122 cm³/mol. The standard InChI is InChI=1S/C23H16Cl2N2O7/c24-16-9-3-1-7-14(16)22(31)33-18(20(28)27-13-6-5-11-26-12-13)19(21(29)30)34-23(32)15-8-2-4-10-17(15)25/h1-12,18-19H,(H,27,28)(H,29,30)/t18-,19-/m1/s1. The summed E-state index contributed by atoms with van der Waals surface area (Å²) in [5.41, 5.74) is -0.0722. The van der Waals surface area contributed by atoms with E-state index in [1.54, 1.807) is 12.1 Å². The Balaban J connectivity index is 1.93. The molecule has 0 unspecified atom stereocenters. The number of esters is 2. The molecule has 0 spiro atoms. The van der Waals surface area contributed by atoms with Gasteiger partial charge in [-0.1, -0.05) is 47.5 Å². The molecule has 34 heavy (non-hydrogen) atoms. The number of aliphatic carboxylic acids is 1. The van der Waals surface area contributed by atoms with Gasteiger partial charge in [-0.15, -0.1) is 0 Å².